The molecule has 0 radical (unpaired) electrons. The van der Waals surface area contributed by atoms with Crippen molar-refractivity contribution in [2.24, 2.45) is 0 Å². The molecule has 1 heterocycles. The second-order valence-corrected chi connectivity index (χ2v) is 5.48. The zero-order chi connectivity index (χ0) is 13.9. The first-order chi connectivity index (χ1) is 9.75. The van der Waals surface area contributed by atoms with Crippen molar-refractivity contribution in [3.05, 3.63) is 69.9 Å². The molecule has 98 valence electrons. The summed E-state index contributed by atoms with van der Waals surface area (Å²) in [5, 5.41) is 3.94. The van der Waals surface area contributed by atoms with Crippen LogP contribution in [0.5, 0.6) is 0 Å². The van der Waals surface area contributed by atoms with Gasteiger partial charge in [0.05, 0.1) is 16.8 Å². The number of amides is 1. The predicted octanol–water partition coefficient (Wildman–Crippen LogP) is 4.09. The Balaban J connectivity index is 1.98. The molecule has 1 N–H and O–H groups in total. The van der Waals surface area contributed by atoms with E-state index in [4.69, 9.17) is 0 Å². The highest BCUT2D eigenvalue weighted by atomic mass is 127. The summed E-state index contributed by atoms with van der Waals surface area (Å²) in [6.45, 7) is 0. The number of para-hydroxylation sites is 1. The quantitative estimate of drug-likeness (QED) is 0.687. The number of halogens is 1. The van der Waals surface area contributed by atoms with Crippen LogP contribution in [0.4, 0.5) is 5.69 Å². The Bertz CT molecular complexity index is 781. The number of fused-ring (bicyclic) bond motifs is 1. The molecular formula is C16H11IN2O. The maximum Gasteiger partial charge on any atom is 0.256 e. The van der Waals surface area contributed by atoms with Crippen molar-refractivity contribution >= 4 is 45.1 Å². The topological polar surface area (TPSA) is 42.0 Å². The van der Waals surface area contributed by atoms with Crippen molar-refractivity contribution in [1.29, 1.82) is 0 Å². The van der Waals surface area contributed by atoms with E-state index in [0.29, 0.717) is 5.56 Å². The zero-order valence-corrected chi connectivity index (χ0v) is 12.7. The van der Waals surface area contributed by atoms with Gasteiger partial charge in [-0.1, -0.05) is 30.3 Å². The van der Waals surface area contributed by atoms with Crippen molar-refractivity contribution in [2.45, 2.75) is 0 Å². The number of benzene rings is 2. The van der Waals surface area contributed by atoms with Crippen molar-refractivity contribution < 1.29 is 4.79 Å². The molecule has 4 heteroatoms. The van der Waals surface area contributed by atoms with E-state index in [2.05, 4.69) is 32.9 Å². The first-order valence-electron chi connectivity index (χ1n) is 6.15. The largest absolute Gasteiger partial charge is 0.320 e. The molecule has 0 aliphatic rings. The lowest BCUT2D eigenvalue weighted by Crippen LogP contribution is -2.13. The first kappa shape index (κ1) is 13.1. The van der Waals surface area contributed by atoms with E-state index in [1.807, 2.05) is 54.6 Å². The summed E-state index contributed by atoms with van der Waals surface area (Å²) in [6, 6.07) is 17.1. The van der Waals surface area contributed by atoms with Crippen LogP contribution in [-0.2, 0) is 0 Å². The minimum absolute atomic E-state index is 0.117. The Kier molecular flexibility index (Phi) is 3.64. The zero-order valence-electron chi connectivity index (χ0n) is 10.5. The number of carbonyl (C=O) groups excluding carboxylic acids is 1. The van der Waals surface area contributed by atoms with E-state index in [1.165, 1.54) is 0 Å². The second kappa shape index (κ2) is 5.58. The second-order valence-electron chi connectivity index (χ2n) is 4.31. The van der Waals surface area contributed by atoms with Crippen molar-refractivity contribution in [3.8, 4) is 0 Å². The van der Waals surface area contributed by atoms with Gasteiger partial charge in [-0.3, -0.25) is 9.78 Å². The number of nitrogens with one attached hydrogen (secondary N) is 1. The number of hydrogen-bond acceptors (Lipinski definition) is 2. The normalized spacial score (nSPS) is 10.4. The van der Waals surface area contributed by atoms with Crippen molar-refractivity contribution in [3.63, 3.8) is 0 Å². The highest BCUT2D eigenvalue weighted by molar-refractivity contribution is 14.1. The van der Waals surface area contributed by atoms with Gasteiger partial charge in [0.25, 0.3) is 5.91 Å². The van der Waals surface area contributed by atoms with Gasteiger partial charge in [0.1, 0.15) is 0 Å². The summed E-state index contributed by atoms with van der Waals surface area (Å²) in [5.74, 6) is -0.117. The molecule has 1 aromatic heterocycles. The fraction of sp³-hybridized carbons (Fsp3) is 0. The smallest absolute Gasteiger partial charge is 0.256 e. The molecule has 1 amide bonds. The van der Waals surface area contributed by atoms with E-state index in [1.54, 1.807) is 6.20 Å². The third-order valence-electron chi connectivity index (χ3n) is 3.00. The third-order valence-corrected chi connectivity index (χ3v) is 3.94. The molecule has 2 aromatic carbocycles. The molecule has 0 aliphatic heterocycles. The number of pyridine rings is 1. The van der Waals surface area contributed by atoms with Gasteiger partial charge in [0, 0.05) is 15.2 Å². The molecule has 3 aromatic rings. The van der Waals surface area contributed by atoms with E-state index in [-0.39, 0.29) is 5.91 Å². The molecule has 0 bridgehead atoms. The average molecular weight is 374 g/mol. The van der Waals surface area contributed by atoms with Crippen molar-refractivity contribution in [1.82, 2.24) is 4.98 Å². The molecule has 0 saturated carbocycles. The third kappa shape index (κ3) is 2.51. The highest BCUT2D eigenvalue weighted by Gasteiger charge is 2.11. The Morgan fingerprint density at radius 1 is 1.00 bits per heavy atom. The summed E-state index contributed by atoms with van der Waals surface area (Å²) < 4.78 is 0.927. The molecule has 3 rings (SSSR count). The predicted molar refractivity (Wildman–Crippen MR) is 88.9 cm³/mol. The SMILES string of the molecule is O=C(Nc1cccc2cccnc12)c1ccccc1I. The Morgan fingerprint density at radius 3 is 2.65 bits per heavy atom. The van der Waals surface area contributed by atoms with Crippen LogP contribution in [0.3, 0.4) is 0 Å². The van der Waals surface area contributed by atoms with Crippen LogP contribution >= 0.6 is 22.6 Å². The van der Waals surface area contributed by atoms with Gasteiger partial charge in [0.2, 0.25) is 0 Å². The summed E-state index contributed by atoms with van der Waals surface area (Å²) >= 11 is 2.16. The fourth-order valence-electron chi connectivity index (χ4n) is 2.04. The van der Waals surface area contributed by atoms with Crippen molar-refractivity contribution in [2.75, 3.05) is 5.32 Å². The van der Waals surface area contributed by atoms with Crippen LogP contribution in [0.1, 0.15) is 10.4 Å². The van der Waals surface area contributed by atoms with Crippen LogP contribution in [0.15, 0.2) is 60.8 Å². The number of rotatable bonds is 2. The van der Waals surface area contributed by atoms with Crippen LogP contribution in [0, 0.1) is 3.57 Å². The molecule has 0 spiro atoms. The molecular weight excluding hydrogens is 363 g/mol. The van der Waals surface area contributed by atoms with Crippen LogP contribution < -0.4 is 5.32 Å². The number of aromatic nitrogens is 1. The lowest BCUT2D eigenvalue weighted by Gasteiger charge is -2.09. The Labute approximate surface area is 130 Å². The maximum absolute atomic E-state index is 12.3. The summed E-state index contributed by atoms with van der Waals surface area (Å²) in [7, 11) is 0. The maximum atomic E-state index is 12.3. The van der Waals surface area contributed by atoms with Crippen LogP contribution in [0.2, 0.25) is 0 Å². The molecule has 3 nitrogen and oxygen atoms in total. The van der Waals surface area contributed by atoms with Gasteiger partial charge in [-0.15, -0.1) is 0 Å². The highest BCUT2D eigenvalue weighted by Crippen LogP contribution is 2.22. The first-order valence-corrected chi connectivity index (χ1v) is 7.23. The van der Waals surface area contributed by atoms with Crippen LogP contribution in [0.25, 0.3) is 10.9 Å². The molecule has 20 heavy (non-hydrogen) atoms. The summed E-state index contributed by atoms with van der Waals surface area (Å²) in [5.41, 5.74) is 2.20. The number of anilines is 1. The Hall–Kier alpha value is -1.95. The monoisotopic (exact) mass is 374 g/mol. The molecule has 0 atom stereocenters. The summed E-state index contributed by atoms with van der Waals surface area (Å²) in [6.07, 6.45) is 1.73. The van der Waals surface area contributed by atoms with E-state index in [9.17, 15) is 4.79 Å². The minimum atomic E-state index is -0.117. The van der Waals surface area contributed by atoms with E-state index < -0.39 is 0 Å². The van der Waals surface area contributed by atoms with Gasteiger partial charge >= 0.3 is 0 Å². The fourth-order valence-corrected chi connectivity index (χ4v) is 2.67. The van der Waals surface area contributed by atoms with Gasteiger partial charge < -0.3 is 5.32 Å². The van der Waals surface area contributed by atoms with Gasteiger partial charge in [-0.2, -0.15) is 0 Å². The molecule has 0 fully saturated rings. The molecule has 0 saturated heterocycles. The van der Waals surface area contributed by atoms with Gasteiger partial charge in [-0.25, -0.2) is 0 Å². The van der Waals surface area contributed by atoms with Crippen LogP contribution in [-0.4, -0.2) is 10.9 Å². The van der Waals surface area contributed by atoms with Gasteiger partial charge in [0.15, 0.2) is 0 Å². The lowest BCUT2D eigenvalue weighted by molar-refractivity contribution is 0.102. The average Bonchev–Trinajstić information content (AvgIpc) is 2.48. The number of carbonyl (C=O) groups is 1. The molecule has 0 aliphatic carbocycles. The van der Waals surface area contributed by atoms with Gasteiger partial charge in [-0.05, 0) is 46.9 Å². The summed E-state index contributed by atoms with van der Waals surface area (Å²) in [4.78, 5) is 16.7. The minimum Gasteiger partial charge on any atom is -0.320 e. The lowest BCUT2D eigenvalue weighted by atomic mass is 10.1. The number of nitrogens with zero attached hydrogens (tertiary/aromatic N) is 1. The van der Waals surface area contributed by atoms with E-state index >= 15 is 0 Å². The Morgan fingerprint density at radius 2 is 1.80 bits per heavy atom. The number of hydrogen-bond donors (Lipinski definition) is 1. The standard InChI is InChI=1S/C16H11IN2O/c17-13-8-2-1-7-12(13)16(20)19-14-9-3-5-11-6-4-10-18-15(11)14/h1-10H,(H,19,20). The molecule has 0 unspecified atom stereocenters. The van der Waals surface area contributed by atoms with E-state index in [0.717, 1.165) is 20.2 Å².